The summed E-state index contributed by atoms with van der Waals surface area (Å²) in [6.07, 6.45) is -0.227. The Hall–Kier alpha value is -1.10. The van der Waals surface area contributed by atoms with Crippen LogP contribution in [0.5, 0.6) is 5.75 Å². The second-order valence-corrected chi connectivity index (χ2v) is 5.63. The Bertz CT molecular complexity index is 415. The van der Waals surface area contributed by atoms with Crippen molar-refractivity contribution in [2.75, 3.05) is 32.8 Å². The molecule has 112 valence electrons. The summed E-state index contributed by atoms with van der Waals surface area (Å²) in [6.45, 7) is 9.58. The van der Waals surface area contributed by atoms with Crippen molar-refractivity contribution in [3.05, 3.63) is 29.3 Å². The van der Waals surface area contributed by atoms with E-state index >= 15 is 0 Å². The van der Waals surface area contributed by atoms with Gasteiger partial charge in [0.05, 0.1) is 12.7 Å². The molecule has 1 aromatic carbocycles. The largest absolute Gasteiger partial charge is 0.490 e. The summed E-state index contributed by atoms with van der Waals surface area (Å²) in [4.78, 5) is 2.23. The number of aliphatic hydroxyl groups excluding tert-OH is 1. The Morgan fingerprint density at radius 2 is 2.10 bits per heavy atom. The molecule has 1 aromatic rings. The van der Waals surface area contributed by atoms with Crippen LogP contribution in [-0.2, 0) is 4.74 Å². The fraction of sp³-hybridized carbons (Fsp3) is 0.625. The van der Waals surface area contributed by atoms with E-state index in [2.05, 4.69) is 11.8 Å². The summed E-state index contributed by atoms with van der Waals surface area (Å²) in [7, 11) is 0. The summed E-state index contributed by atoms with van der Waals surface area (Å²) in [5, 5.41) is 10.1. The van der Waals surface area contributed by atoms with Gasteiger partial charge in [-0.25, -0.2) is 0 Å². The first-order chi connectivity index (χ1) is 9.56. The van der Waals surface area contributed by atoms with Gasteiger partial charge in [-0.2, -0.15) is 0 Å². The van der Waals surface area contributed by atoms with Crippen molar-refractivity contribution in [1.29, 1.82) is 0 Å². The number of hydrogen-bond acceptors (Lipinski definition) is 4. The predicted octanol–water partition coefficient (Wildman–Crippen LogP) is 1.76. The average Bonchev–Trinajstić information content (AvgIpc) is 2.38. The Morgan fingerprint density at radius 1 is 1.40 bits per heavy atom. The van der Waals surface area contributed by atoms with Crippen LogP contribution in [0.1, 0.15) is 18.1 Å². The van der Waals surface area contributed by atoms with Gasteiger partial charge in [0.15, 0.2) is 0 Å². The molecule has 4 heteroatoms. The molecule has 1 N–H and O–H groups in total. The van der Waals surface area contributed by atoms with Crippen LogP contribution in [-0.4, -0.2) is 55.1 Å². The summed E-state index contributed by atoms with van der Waals surface area (Å²) in [5.41, 5.74) is 2.22. The van der Waals surface area contributed by atoms with Crippen molar-refractivity contribution >= 4 is 0 Å². The molecule has 0 spiro atoms. The maximum Gasteiger partial charge on any atom is 0.125 e. The summed E-state index contributed by atoms with van der Waals surface area (Å²) >= 11 is 0. The summed E-state index contributed by atoms with van der Waals surface area (Å²) in [5.74, 6) is 0.891. The van der Waals surface area contributed by atoms with Crippen LogP contribution in [0.4, 0.5) is 0 Å². The minimum atomic E-state index is -0.473. The zero-order chi connectivity index (χ0) is 14.5. The van der Waals surface area contributed by atoms with Gasteiger partial charge in [0.25, 0.3) is 0 Å². The lowest BCUT2D eigenvalue weighted by Gasteiger charge is -2.32. The third kappa shape index (κ3) is 4.20. The molecule has 20 heavy (non-hydrogen) atoms. The SMILES string of the molecule is Cc1cccc(C)c1OC[C@H](O)CN1CCO[C@@H](C)C1. The van der Waals surface area contributed by atoms with Crippen LogP contribution in [0.25, 0.3) is 0 Å². The van der Waals surface area contributed by atoms with Gasteiger partial charge < -0.3 is 14.6 Å². The lowest BCUT2D eigenvalue weighted by atomic mass is 10.1. The van der Waals surface area contributed by atoms with Crippen molar-refractivity contribution in [3.63, 3.8) is 0 Å². The fourth-order valence-electron chi connectivity index (χ4n) is 2.61. The van der Waals surface area contributed by atoms with E-state index < -0.39 is 6.10 Å². The molecule has 1 heterocycles. The van der Waals surface area contributed by atoms with E-state index in [1.165, 1.54) is 0 Å². The number of ether oxygens (including phenoxy) is 2. The van der Waals surface area contributed by atoms with Crippen molar-refractivity contribution in [2.24, 2.45) is 0 Å². The smallest absolute Gasteiger partial charge is 0.125 e. The van der Waals surface area contributed by atoms with Crippen LogP contribution >= 0.6 is 0 Å². The van der Waals surface area contributed by atoms with Crippen LogP contribution in [0.3, 0.4) is 0 Å². The van der Waals surface area contributed by atoms with Gasteiger partial charge in [-0.3, -0.25) is 4.90 Å². The molecule has 0 aliphatic carbocycles. The molecule has 2 rings (SSSR count). The van der Waals surface area contributed by atoms with Gasteiger partial charge in [0, 0.05) is 19.6 Å². The lowest BCUT2D eigenvalue weighted by molar-refractivity contribution is -0.0361. The van der Waals surface area contributed by atoms with E-state index in [1.54, 1.807) is 0 Å². The monoisotopic (exact) mass is 279 g/mol. The molecule has 2 atom stereocenters. The lowest BCUT2D eigenvalue weighted by Crippen LogP contribution is -2.45. The number of β-amino-alcohol motifs (C(OH)–C–C–N with tert-alkyl or cyclic N) is 1. The van der Waals surface area contributed by atoms with Crippen molar-refractivity contribution < 1.29 is 14.6 Å². The number of hydrogen-bond donors (Lipinski definition) is 1. The molecular weight excluding hydrogens is 254 g/mol. The van der Waals surface area contributed by atoms with Gasteiger partial charge in [-0.1, -0.05) is 18.2 Å². The molecule has 0 aromatic heterocycles. The fourth-order valence-corrected chi connectivity index (χ4v) is 2.61. The Kier molecular flexibility index (Phi) is 5.40. The number of nitrogens with zero attached hydrogens (tertiary/aromatic N) is 1. The quantitative estimate of drug-likeness (QED) is 0.892. The van der Waals surface area contributed by atoms with Crippen molar-refractivity contribution in [1.82, 2.24) is 4.90 Å². The van der Waals surface area contributed by atoms with Gasteiger partial charge in [0.1, 0.15) is 18.5 Å². The molecular formula is C16H25NO3. The van der Waals surface area contributed by atoms with Crippen molar-refractivity contribution in [2.45, 2.75) is 33.0 Å². The molecule has 0 unspecified atom stereocenters. The predicted molar refractivity (Wildman–Crippen MR) is 79.3 cm³/mol. The van der Waals surface area contributed by atoms with E-state index in [4.69, 9.17) is 9.47 Å². The molecule has 0 radical (unpaired) electrons. The Labute approximate surface area is 121 Å². The molecule has 4 nitrogen and oxygen atoms in total. The first kappa shape index (κ1) is 15.3. The first-order valence-corrected chi connectivity index (χ1v) is 7.27. The topological polar surface area (TPSA) is 41.9 Å². The normalized spacial score (nSPS) is 21.7. The van der Waals surface area contributed by atoms with Gasteiger partial charge in [-0.05, 0) is 31.9 Å². The molecule has 0 amide bonds. The standard InChI is InChI=1S/C16H25NO3/c1-12-5-4-6-13(2)16(12)20-11-15(18)10-17-7-8-19-14(3)9-17/h4-6,14-15,18H,7-11H2,1-3H3/t14-,15+/m0/s1. The van der Waals surface area contributed by atoms with Crippen LogP contribution in [0.2, 0.25) is 0 Å². The molecule has 0 saturated carbocycles. The molecule has 0 bridgehead atoms. The molecule has 1 aliphatic heterocycles. The van der Waals surface area contributed by atoms with Crippen molar-refractivity contribution in [3.8, 4) is 5.75 Å². The maximum absolute atomic E-state index is 10.1. The van der Waals surface area contributed by atoms with Crippen LogP contribution < -0.4 is 4.74 Å². The number of aryl methyl sites for hydroxylation is 2. The third-order valence-corrected chi connectivity index (χ3v) is 3.62. The highest BCUT2D eigenvalue weighted by Crippen LogP contribution is 2.22. The second kappa shape index (κ2) is 7.07. The third-order valence-electron chi connectivity index (χ3n) is 3.62. The number of morpholine rings is 1. The number of para-hydroxylation sites is 1. The number of aliphatic hydroxyl groups is 1. The number of benzene rings is 1. The van der Waals surface area contributed by atoms with Crippen LogP contribution in [0.15, 0.2) is 18.2 Å². The number of rotatable bonds is 5. The highest BCUT2D eigenvalue weighted by Gasteiger charge is 2.19. The van der Waals surface area contributed by atoms with Crippen LogP contribution in [0, 0.1) is 13.8 Å². The van der Waals surface area contributed by atoms with E-state index in [1.807, 2.05) is 32.0 Å². The second-order valence-electron chi connectivity index (χ2n) is 5.63. The molecule has 1 aliphatic rings. The zero-order valence-electron chi connectivity index (χ0n) is 12.6. The van der Waals surface area contributed by atoms with E-state index in [0.717, 1.165) is 36.6 Å². The summed E-state index contributed by atoms with van der Waals surface area (Å²) < 4.78 is 11.3. The summed E-state index contributed by atoms with van der Waals surface area (Å²) in [6, 6.07) is 6.07. The molecule has 1 saturated heterocycles. The van der Waals surface area contributed by atoms with Gasteiger partial charge in [-0.15, -0.1) is 0 Å². The van der Waals surface area contributed by atoms with E-state index in [0.29, 0.717) is 13.2 Å². The highest BCUT2D eigenvalue weighted by atomic mass is 16.5. The molecule has 1 fully saturated rings. The minimum absolute atomic E-state index is 0.246. The first-order valence-electron chi connectivity index (χ1n) is 7.27. The van der Waals surface area contributed by atoms with Gasteiger partial charge >= 0.3 is 0 Å². The van der Waals surface area contributed by atoms with Gasteiger partial charge in [0.2, 0.25) is 0 Å². The Balaban J connectivity index is 1.81. The van der Waals surface area contributed by atoms with E-state index in [9.17, 15) is 5.11 Å². The minimum Gasteiger partial charge on any atom is -0.490 e. The Morgan fingerprint density at radius 3 is 2.75 bits per heavy atom. The van der Waals surface area contributed by atoms with E-state index in [-0.39, 0.29) is 6.10 Å². The zero-order valence-corrected chi connectivity index (χ0v) is 12.6. The maximum atomic E-state index is 10.1. The highest BCUT2D eigenvalue weighted by molar-refractivity contribution is 5.39. The average molecular weight is 279 g/mol.